The minimum Gasteiger partial charge on any atom is -0.465 e. The summed E-state index contributed by atoms with van der Waals surface area (Å²) in [4.78, 5) is 11.4. The maximum atomic E-state index is 12.5. The van der Waals surface area contributed by atoms with Gasteiger partial charge in [-0.1, -0.05) is 17.7 Å². The zero-order valence-corrected chi connectivity index (χ0v) is 15.9. The summed E-state index contributed by atoms with van der Waals surface area (Å²) in [6.45, 7) is 3.77. The van der Waals surface area contributed by atoms with Crippen LogP contribution >= 0.6 is 0 Å². The molecule has 140 valence electrons. The van der Waals surface area contributed by atoms with Gasteiger partial charge in [0.25, 0.3) is 10.0 Å². The third-order valence-electron chi connectivity index (χ3n) is 3.70. The highest BCUT2D eigenvalue weighted by Gasteiger charge is 2.15. The zero-order valence-electron chi connectivity index (χ0n) is 15.1. The summed E-state index contributed by atoms with van der Waals surface area (Å²) < 4.78 is 32.1. The van der Waals surface area contributed by atoms with Gasteiger partial charge in [0, 0.05) is 11.9 Å². The van der Waals surface area contributed by atoms with Gasteiger partial charge < -0.3 is 10.1 Å². The maximum Gasteiger partial charge on any atom is 0.350 e. The summed E-state index contributed by atoms with van der Waals surface area (Å²) >= 11 is 0. The lowest BCUT2D eigenvalue weighted by Crippen LogP contribution is -2.13. The Balaban J connectivity index is 2.17. The molecule has 2 rings (SSSR count). The molecule has 2 aromatic carbocycles. The molecule has 0 saturated carbocycles. The molecule has 27 heavy (non-hydrogen) atoms. The number of anilines is 2. The Morgan fingerprint density at radius 2 is 1.81 bits per heavy atom. The predicted molar refractivity (Wildman–Crippen MR) is 103 cm³/mol. The van der Waals surface area contributed by atoms with Crippen LogP contribution in [0.25, 0.3) is 0 Å². The zero-order chi connectivity index (χ0) is 20.0. The average Bonchev–Trinajstić information content (AvgIpc) is 2.64. The minimum atomic E-state index is -3.74. The molecule has 2 aromatic rings. The number of benzene rings is 2. The van der Waals surface area contributed by atoms with E-state index in [-0.39, 0.29) is 10.5 Å². The predicted octanol–water partition coefficient (Wildman–Crippen LogP) is 3.10. The van der Waals surface area contributed by atoms with E-state index in [9.17, 15) is 13.2 Å². The van der Waals surface area contributed by atoms with Gasteiger partial charge in [0.2, 0.25) is 0 Å². The second-order valence-corrected chi connectivity index (χ2v) is 7.44. The Hall–Kier alpha value is -3.31. The standard InChI is InChI=1S/C19H19N3O4S/c1-13-4-9-18(14(2)10-13)22-27(24,25)17-7-5-16(6-8-17)21-12-15(11-20)19(23)26-3/h4-10,12,21-22H,1-3H3/b15-12+. The molecule has 0 bridgehead atoms. The van der Waals surface area contributed by atoms with Crippen LogP contribution in [0.4, 0.5) is 11.4 Å². The van der Waals surface area contributed by atoms with Crippen molar-refractivity contribution in [3.05, 3.63) is 65.4 Å². The van der Waals surface area contributed by atoms with E-state index in [1.165, 1.54) is 37.6 Å². The number of esters is 1. The second-order valence-electron chi connectivity index (χ2n) is 5.75. The third-order valence-corrected chi connectivity index (χ3v) is 5.08. The van der Waals surface area contributed by atoms with Gasteiger partial charge in [-0.05, 0) is 49.7 Å². The van der Waals surface area contributed by atoms with E-state index in [2.05, 4.69) is 14.8 Å². The normalized spacial score (nSPS) is 11.4. The van der Waals surface area contributed by atoms with Gasteiger partial charge in [-0.15, -0.1) is 0 Å². The Bertz CT molecular complexity index is 1020. The number of ether oxygens (including phenoxy) is 1. The van der Waals surface area contributed by atoms with Crippen LogP contribution in [0.15, 0.2) is 59.1 Å². The fourth-order valence-electron chi connectivity index (χ4n) is 2.26. The number of hydrogen-bond donors (Lipinski definition) is 2. The third kappa shape index (κ3) is 5.09. The Morgan fingerprint density at radius 1 is 1.15 bits per heavy atom. The number of carbonyl (C=O) groups excluding carboxylic acids is 1. The van der Waals surface area contributed by atoms with Crippen LogP contribution in [0, 0.1) is 25.2 Å². The molecular weight excluding hydrogens is 366 g/mol. The molecule has 0 aliphatic carbocycles. The van der Waals surface area contributed by atoms with E-state index < -0.39 is 16.0 Å². The minimum absolute atomic E-state index is 0.0884. The van der Waals surface area contributed by atoms with Gasteiger partial charge in [-0.3, -0.25) is 4.72 Å². The summed E-state index contributed by atoms with van der Waals surface area (Å²) in [5.41, 5.74) is 2.70. The number of aryl methyl sites for hydroxylation is 2. The molecule has 0 saturated heterocycles. The lowest BCUT2D eigenvalue weighted by Gasteiger charge is -2.11. The highest BCUT2D eigenvalue weighted by atomic mass is 32.2. The van der Waals surface area contributed by atoms with Crippen LogP contribution in [0.3, 0.4) is 0 Å². The molecule has 0 aliphatic rings. The van der Waals surface area contributed by atoms with Gasteiger partial charge in [0.1, 0.15) is 6.07 Å². The van der Waals surface area contributed by atoms with Crippen molar-refractivity contribution in [2.24, 2.45) is 0 Å². The van der Waals surface area contributed by atoms with E-state index in [1.807, 2.05) is 26.0 Å². The molecule has 0 heterocycles. The monoisotopic (exact) mass is 385 g/mol. The smallest absolute Gasteiger partial charge is 0.350 e. The number of carbonyl (C=O) groups is 1. The van der Waals surface area contributed by atoms with Gasteiger partial charge in [-0.2, -0.15) is 5.26 Å². The Labute approximate surface area is 158 Å². The summed E-state index contributed by atoms with van der Waals surface area (Å²) in [6, 6.07) is 13.1. The quantitative estimate of drug-likeness (QED) is 0.449. The Morgan fingerprint density at radius 3 is 2.37 bits per heavy atom. The van der Waals surface area contributed by atoms with Crippen LogP contribution < -0.4 is 10.0 Å². The van der Waals surface area contributed by atoms with Crippen molar-refractivity contribution in [3.63, 3.8) is 0 Å². The molecule has 8 heteroatoms. The first-order valence-electron chi connectivity index (χ1n) is 7.92. The van der Waals surface area contributed by atoms with Crippen LogP contribution in [0.2, 0.25) is 0 Å². The summed E-state index contributed by atoms with van der Waals surface area (Å²) in [5, 5.41) is 11.6. The summed E-state index contributed by atoms with van der Waals surface area (Å²) in [6.07, 6.45) is 1.20. The van der Waals surface area contributed by atoms with Gasteiger partial charge in [0.15, 0.2) is 5.57 Å². The van der Waals surface area contributed by atoms with E-state index >= 15 is 0 Å². The number of nitrogens with zero attached hydrogens (tertiary/aromatic N) is 1. The first-order valence-corrected chi connectivity index (χ1v) is 9.40. The van der Waals surface area contributed by atoms with Gasteiger partial charge in [0.05, 0.1) is 17.7 Å². The van der Waals surface area contributed by atoms with E-state index in [0.717, 1.165) is 11.1 Å². The molecule has 2 N–H and O–H groups in total. The lowest BCUT2D eigenvalue weighted by atomic mass is 10.1. The summed E-state index contributed by atoms with van der Waals surface area (Å²) in [5.74, 6) is -0.762. The van der Waals surface area contributed by atoms with Crippen LogP contribution in [0.5, 0.6) is 0 Å². The van der Waals surface area contributed by atoms with E-state index in [4.69, 9.17) is 5.26 Å². The number of nitriles is 1. The highest BCUT2D eigenvalue weighted by molar-refractivity contribution is 7.92. The van der Waals surface area contributed by atoms with Crippen LogP contribution in [0.1, 0.15) is 11.1 Å². The van der Waals surface area contributed by atoms with E-state index in [1.54, 1.807) is 12.1 Å². The van der Waals surface area contributed by atoms with Crippen LogP contribution in [-0.4, -0.2) is 21.5 Å². The molecule has 0 amide bonds. The van der Waals surface area contributed by atoms with Crippen molar-refractivity contribution >= 4 is 27.4 Å². The maximum absolute atomic E-state index is 12.5. The summed E-state index contributed by atoms with van der Waals surface area (Å²) in [7, 11) is -2.56. The molecule has 0 aromatic heterocycles. The molecule has 0 atom stereocenters. The van der Waals surface area contributed by atoms with Gasteiger partial charge in [-0.25, -0.2) is 13.2 Å². The number of nitrogens with one attached hydrogen (secondary N) is 2. The number of rotatable bonds is 6. The topological polar surface area (TPSA) is 108 Å². The molecule has 0 spiro atoms. The van der Waals surface area contributed by atoms with Crippen molar-refractivity contribution in [1.82, 2.24) is 0 Å². The fraction of sp³-hybridized carbons (Fsp3) is 0.158. The van der Waals surface area contributed by atoms with Crippen molar-refractivity contribution in [2.75, 3.05) is 17.1 Å². The van der Waals surface area contributed by atoms with Crippen molar-refractivity contribution in [3.8, 4) is 6.07 Å². The Kier molecular flexibility index (Phi) is 6.21. The van der Waals surface area contributed by atoms with Gasteiger partial charge >= 0.3 is 5.97 Å². The highest BCUT2D eigenvalue weighted by Crippen LogP contribution is 2.22. The second kappa shape index (κ2) is 8.38. The number of sulfonamides is 1. The van der Waals surface area contributed by atoms with Crippen molar-refractivity contribution in [2.45, 2.75) is 18.7 Å². The molecule has 0 fully saturated rings. The van der Waals surface area contributed by atoms with Crippen LogP contribution in [-0.2, 0) is 19.6 Å². The lowest BCUT2D eigenvalue weighted by molar-refractivity contribution is -0.135. The molecule has 0 unspecified atom stereocenters. The molecule has 0 aliphatic heterocycles. The average molecular weight is 385 g/mol. The van der Waals surface area contributed by atoms with Crippen molar-refractivity contribution < 1.29 is 17.9 Å². The fourth-order valence-corrected chi connectivity index (χ4v) is 3.40. The molecule has 0 radical (unpaired) electrons. The number of methoxy groups -OCH3 is 1. The number of hydrogen-bond acceptors (Lipinski definition) is 6. The first kappa shape index (κ1) is 20.0. The molecule has 7 nitrogen and oxygen atoms in total. The SMILES string of the molecule is COC(=O)/C(C#N)=C/Nc1ccc(S(=O)(=O)Nc2ccc(C)cc2C)cc1. The molecular formula is C19H19N3O4S. The first-order chi connectivity index (χ1) is 12.8. The van der Waals surface area contributed by atoms with E-state index in [0.29, 0.717) is 11.4 Å². The van der Waals surface area contributed by atoms with Crippen molar-refractivity contribution in [1.29, 1.82) is 5.26 Å². The largest absolute Gasteiger partial charge is 0.465 e.